The lowest BCUT2D eigenvalue weighted by molar-refractivity contribution is 0.0672. The molecule has 0 radical (unpaired) electrons. The number of azide groups is 1. The highest BCUT2D eigenvalue weighted by Crippen LogP contribution is 2.26. The molecule has 4 heteroatoms. The van der Waals surface area contributed by atoms with Gasteiger partial charge in [-0.05, 0) is 24.3 Å². The van der Waals surface area contributed by atoms with Crippen molar-refractivity contribution in [1.82, 2.24) is 0 Å². The molecule has 0 aromatic heterocycles. The fraction of sp³-hybridized carbons (Fsp3) is 1.00. The van der Waals surface area contributed by atoms with Crippen LogP contribution in [0, 0.1) is 5.92 Å². The lowest BCUT2D eigenvalue weighted by Gasteiger charge is -2.29. The first-order chi connectivity index (χ1) is 5.25. The third-order valence-corrected chi connectivity index (χ3v) is 2.41. The third-order valence-electron chi connectivity index (χ3n) is 2.41. The second-order valence-corrected chi connectivity index (χ2v) is 3.13. The molecule has 0 aromatic carbocycles. The third kappa shape index (κ3) is 1.85. The van der Waals surface area contributed by atoms with Crippen LogP contribution >= 0.6 is 0 Å². The molecule has 0 aliphatic heterocycles. The van der Waals surface area contributed by atoms with Gasteiger partial charge in [0.2, 0.25) is 0 Å². The molecular weight excluding hydrogens is 142 g/mol. The fourth-order valence-corrected chi connectivity index (χ4v) is 1.55. The van der Waals surface area contributed by atoms with E-state index in [1.54, 1.807) is 0 Å². The van der Waals surface area contributed by atoms with Gasteiger partial charge < -0.3 is 5.11 Å². The molecule has 0 unspecified atom stereocenters. The molecule has 11 heavy (non-hydrogen) atoms. The van der Waals surface area contributed by atoms with Crippen LogP contribution in [0.3, 0.4) is 0 Å². The standard InChI is InChI=1S/C7H13N3O/c1-5-6(9-10-8)3-2-4-7(5)11/h5-7,11H,2-4H2,1H3/t5-,6+,7-/m1/s1. The molecule has 0 spiro atoms. The Morgan fingerprint density at radius 2 is 2.27 bits per heavy atom. The second-order valence-electron chi connectivity index (χ2n) is 3.13. The van der Waals surface area contributed by atoms with Crippen molar-refractivity contribution in [2.75, 3.05) is 0 Å². The Kier molecular flexibility index (Phi) is 2.74. The quantitative estimate of drug-likeness (QED) is 0.350. The summed E-state index contributed by atoms with van der Waals surface area (Å²) in [5.74, 6) is 0.125. The maximum Gasteiger partial charge on any atom is 0.0569 e. The number of hydrogen-bond acceptors (Lipinski definition) is 2. The molecule has 4 nitrogen and oxygen atoms in total. The van der Waals surface area contributed by atoms with Gasteiger partial charge in [0.25, 0.3) is 0 Å². The molecular formula is C7H13N3O. The van der Waals surface area contributed by atoms with E-state index in [9.17, 15) is 5.11 Å². The summed E-state index contributed by atoms with van der Waals surface area (Å²) in [4.78, 5) is 2.76. The number of rotatable bonds is 1. The predicted octanol–water partition coefficient (Wildman–Crippen LogP) is 1.85. The number of aliphatic hydroxyl groups excluding tert-OH is 1. The number of aliphatic hydroxyl groups is 1. The van der Waals surface area contributed by atoms with Gasteiger partial charge in [-0.15, -0.1) is 0 Å². The molecule has 0 heterocycles. The van der Waals surface area contributed by atoms with Crippen molar-refractivity contribution in [3.8, 4) is 0 Å². The first kappa shape index (κ1) is 8.37. The monoisotopic (exact) mass is 155 g/mol. The topological polar surface area (TPSA) is 69.0 Å². The van der Waals surface area contributed by atoms with Gasteiger partial charge in [-0.25, -0.2) is 0 Å². The largest absolute Gasteiger partial charge is 0.393 e. The average molecular weight is 155 g/mol. The van der Waals surface area contributed by atoms with Crippen LogP contribution in [-0.4, -0.2) is 17.3 Å². The van der Waals surface area contributed by atoms with Crippen molar-refractivity contribution in [3.05, 3.63) is 10.4 Å². The van der Waals surface area contributed by atoms with Gasteiger partial charge >= 0.3 is 0 Å². The van der Waals surface area contributed by atoms with E-state index in [2.05, 4.69) is 10.0 Å². The molecule has 1 rings (SSSR count). The molecule has 1 fully saturated rings. The maximum absolute atomic E-state index is 9.39. The van der Waals surface area contributed by atoms with Crippen molar-refractivity contribution in [2.24, 2.45) is 11.0 Å². The van der Waals surface area contributed by atoms with E-state index in [4.69, 9.17) is 5.53 Å². The SMILES string of the molecule is C[C@H]1[C@H](O)CCC[C@@H]1N=[N+]=[N-]. The Morgan fingerprint density at radius 1 is 1.55 bits per heavy atom. The highest BCUT2D eigenvalue weighted by atomic mass is 16.3. The van der Waals surface area contributed by atoms with E-state index in [1.807, 2.05) is 6.92 Å². The molecule has 62 valence electrons. The van der Waals surface area contributed by atoms with Crippen molar-refractivity contribution in [2.45, 2.75) is 38.3 Å². The minimum Gasteiger partial charge on any atom is -0.393 e. The van der Waals surface area contributed by atoms with Crippen LogP contribution in [0.2, 0.25) is 0 Å². The van der Waals surface area contributed by atoms with Gasteiger partial charge in [0, 0.05) is 11.0 Å². The lowest BCUT2D eigenvalue weighted by Crippen LogP contribution is -2.32. The molecule has 1 N–H and O–H groups in total. The van der Waals surface area contributed by atoms with Gasteiger partial charge in [-0.2, -0.15) is 0 Å². The highest BCUT2D eigenvalue weighted by molar-refractivity contribution is 4.83. The van der Waals surface area contributed by atoms with Crippen molar-refractivity contribution < 1.29 is 5.11 Å². The van der Waals surface area contributed by atoms with E-state index in [0.29, 0.717) is 0 Å². The Balaban J connectivity index is 2.57. The summed E-state index contributed by atoms with van der Waals surface area (Å²) < 4.78 is 0. The zero-order valence-electron chi connectivity index (χ0n) is 6.64. The minimum absolute atomic E-state index is 0.00347. The number of nitrogens with zero attached hydrogens (tertiary/aromatic N) is 3. The van der Waals surface area contributed by atoms with Crippen LogP contribution in [0.5, 0.6) is 0 Å². The average Bonchev–Trinajstić information content (AvgIpc) is 1.99. The molecule has 0 bridgehead atoms. The van der Waals surface area contributed by atoms with Crippen molar-refractivity contribution >= 4 is 0 Å². The summed E-state index contributed by atoms with van der Waals surface area (Å²) in [6.45, 7) is 1.93. The van der Waals surface area contributed by atoms with Gasteiger partial charge in [0.1, 0.15) is 0 Å². The normalized spacial score (nSPS) is 37.8. The predicted molar refractivity (Wildman–Crippen MR) is 42.0 cm³/mol. The molecule has 1 aliphatic rings. The summed E-state index contributed by atoms with van der Waals surface area (Å²) in [7, 11) is 0. The Bertz CT molecular complexity index is 177. The van der Waals surface area contributed by atoms with Crippen LogP contribution in [0.15, 0.2) is 5.11 Å². The minimum atomic E-state index is -0.278. The Morgan fingerprint density at radius 3 is 2.91 bits per heavy atom. The van der Waals surface area contributed by atoms with Gasteiger partial charge in [-0.3, -0.25) is 0 Å². The summed E-state index contributed by atoms with van der Waals surface area (Å²) in [5, 5.41) is 13.0. The van der Waals surface area contributed by atoms with Crippen molar-refractivity contribution in [1.29, 1.82) is 0 Å². The van der Waals surface area contributed by atoms with Gasteiger partial charge in [-0.1, -0.05) is 18.5 Å². The van der Waals surface area contributed by atoms with Crippen LogP contribution in [0.1, 0.15) is 26.2 Å². The van der Waals surface area contributed by atoms with E-state index >= 15 is 0 Å². The zero-order valence-corrected chi connectivity index (χ0v) is 6.64. The first-order valence-corrected chi connectivity index (χ1v) is 3.98. The van der Waals surface area contributed by atoms with E-state index in [0.717, 1.165) is 19.3 Å². The molecule has 0 aromatic rings. The Labute approximate surface area is 65.9 Å². The van der Waals surface area contributed by atoms with Crippen molar-refractivity contribution in [3.63, 3.8) is 0 Å². The fourth-order valence-electron chi connectivity index (χ4n) is 1.55. The van der Waals surface area contributed by atoms with Crippen LogP contribution in [-0.2, 0) is 0 Å². The Hall–Kier alpha value is -0.730. The molecule has 0 saturated heterocycles. The maximum atomic E-state index is 9.39. The molecule has 3 atom stereocenters. The van der Waals surface area contributed by atoms with Crippen LogP contribution in [0.25, 0.3) is 10.4 Å². The highest BCUT2D eigenvalue weighted by Gasteiger charge is 2.27. The van der Waals surface area contributed by atoms with Gasteiger partial charge in [0.15, 0.2) is 0 Å². The summed E-state index contributed by atoms with van der Waals surface area (Å²) >= 11 is 0. The van der Waals surface area contributed by atoms with Gasteiger partial charge in [0.05, 0.1) is 6.10 Å². The molecule has 1 aliphatic carbocycles. The van der Waals surface area contributed by atoms with Crippen LogP contribution < -0.4 is 0 Å². The van der Waals surface area contributed by atoms with E-state index < -0.39 is 0 Å². The van der Waals surface area contributed by atoms with E-state index in [1.165, 1.54) is 0 Å². The smallest absolute Gasteiger partial charge is 0.0569 e. The summed E-state index contributed by atoms with van der Waals surface area (Å²) in [6, 6.07) is 0.00347. The summed E-state index contributed by atoms with van der Waals surface area (Å²) in [5.41, 5.74) is 8.20. The van der Waals surface area contributed by atoms with Crippen LogP contribution in [0.4, 0.5) is 0 Å². The number of hydrogen-bond donors (Lipinski definition) is 1. The molecule has 1 saturated carbocycles. The first-order valence-electron chi connectivity index (χ1n) is 3.98. The zero-order chi connectivity index (χ0) is 8.27. The second kappa shape index (κ2) is 3.60. The summed E-state index contributed by atoms with van der Waals surface area (Å²) in [6.07, 6.45) is 2.45. The molecule has 0 amide bonds. The van der Waals surface area contributed by atoms with E-state index in [-0.39, 0.29) is 18.1 Å². The lowest BCUT2D eigenvalue weighted by atomic mass is 9.84.